The minimum Gasteiger partial charge on any atom is -0.311 e. The number of fused-ring (bicyclic) bond motifs is 1. The zero-order valence-electron chi connectivity index (χ0n) is 10.7. The molecule has 0 spiro atoms. The summed E-state index contributed by atoms with van der Waals surface area (Å²) in [5.41, 5.74) is 2.28. The molecule has 0 amide bonds. The SMILES string of the molecule is O=c1c2c(ncn1Cc1cc(F)cc(Br)c1)CNCC2. The first-order valence-corrected chi connectivity index (χ1v) is 7.15. The van der Waals surface area contributed by atoms with Gasteiger partial charge in [-0.15, -0.1) is 0 Å². The predicted molar refractivity (Wildman–Crippen MR) is 77.1 cm³/mol. The fourth-order valence-electron chi connectivity index (χ4n) is 2.40. The lowest BCUT2D eigenvalue weighted by atomic mass is 10.1. The van der Waals surface area contributed by atoms with E-state index in [2.05, 4.69) is 26.2 Å². The van der Waals surface area contributed by atoms with E-state index in [1.54, 1.807) is 6.07 Å². The smallest absolute Gasteiger partial charge is 0.257 e. The molecule has 1 N–H and O–H groups in total. The summed E-state index contributed by atoms with van der Waals surface area (Å²) in [4.78, 5) is 16.7. The molecule has 0 aliphatic carbocycles. The summed E-state index contributed by atoms with van der Waals surface area (Å²) >= 11 is 3.25. The van der Waals surface area contributed by atoms with Gasteiger partial charge in [0.2, 0.25) is 0 Å². The summed E-state index contributed by atoms with van der Waals surface area (Å²) in [7, 11) is 0. The molecule has 1 aliphatic heterocycles. The fourth-order valence-corrected chi connectivity index (χ4v) is 2.91. The summed E-state index contributed by atoms with van der Waals surface area (Å²) < 4.78 is 15.6. The molecule has 2 aromatic rings. The highest BCUT2D eigenvalue weighted by Crippen LogP contribution is 2.15. The van der Waals surface area contributed by atoms with Crippen LogP contribution in [-0.2, 0) is 19.5 Å². The maximum absolute atomic E-state index is 13.4. The maximum Gasteiger partial charge on any atom is 0.257 e. The van der Waals surface area contributed by atoms with Crippen molar-refractivity contribution in [3.63, 3.8) is 0 Å². The zero-order chi connectivity index (χ0) is 14.1. The van der Waals surface area contributed by atoms with E-state index < -0.39 is 0 Å². The molecule has 104 valence electrons. The normalized spacial score (nSPS) is 14.1. The molecule has 0 fully saturated rings. The van der Waals surface area contributed by atoms with Gasteiger partial charge in [-0.2, -0.15) is 0 Å². The first kappa shape index (κ1) is 13.5. The highest BCUT2D eigenvalue weighted by atomic mass is 79.9. The number of benzene rings is 1. The van der Waals surface area contributed by atoms with Crippen LogP contribution in [0.5, 0.6) is 0 Å². The fraction of sp³-hybridized carbons (Fsp3) is 0.286. The maximum atomic E-state index is 13.4. The van der Waals surface area contributed by atoms with E-state index in [-0.39, 0.29) is 11.4 Å². The van der Waals surface area contributed by atoms with Gasteiger partial charge in [-0.05, 0) is 36.7 Å². The molecule has 1 aromatic carbocycles. The van der Waals surface area contributed by atoms with Crippen molar-refractivity contribution in [3.8, 4) is 0 Å². The molecule has 1 aliphatic rings. The topological polar surface area (TPSA) is 46.9 Å². The Labute approximate surface area is 123 Å². The quantitative estimate of drug-likeness (QED) is 0.909. The van der Waals surface area contributed by atoms with Crippen LogP contribution in [0.3, 0.4) is 0 Å². The van der Waals surface area contributed by atoms with Gasteiger partial charge in [0.1, 0.15) is 5.82 Å². The monoisotopic (exact) mass is 337 g/mol. The summed E-state index contributed by atoms with van der Waals surface area (Å²) in [6.45, 7) is 1.75. The third-order valence-corrected chi connectivity index (χ3v) is 3.80. The highest BCUT2D eigenvalue weighted by molar-refractivity contribution is 9.10. The molecular formula is C14H13BrFN3O. The summed E-state index contributed by atoms with van der Waals surface area (Å²) in [6.07, 6.45) is 2.22. The molecule has 1 aromatic heterocycles. The van der Waals surface area contributed by atoms with Crippen LogP contribution in [0.1, 0.15) is 16.8 Å². The van der Waals surface area contributed by atoms with Crippen LogP contribution in [0.25, 0.3) is 0 Å². The predicted octanol–water partition coefficient (Wildman–Crippen LogP) is 1.84. The van der Waals surface area contributed by atoms with Crippen molar-refractivity contribution in [1.29, 1.82) is 0 Å². The van der Waals surface area contributed by atoms with Gasteiger partial charge >= 0.3 is 0 Å². The zero-order valence-corrected chi connectivity index (χ0v) is 12.3. The average molecular weight is 338 g/mol. The Morgan fingerprint density at radius 2 is 2.25 bits per heavy atom. The molecule has 0 atom stereocenters. The third-order valence-electron chi connectivity index (χ3n) is 3.34. The molecule has 0 unspecified atom stereocenters. The van der Waals surface area contributed by atoms with Crippen LogP contribution in [0.15, 0.2) is 33.8 Å². The van der Waals surface area contributed by atoms with E-state index in [9.17, 15) is 9.18 Å². The molecular weight excluding hydrogens is 325 g/mol. The Balaban J connectivity index is 1.97. The Morgan fingerprint density at radius 3 is 3.05 bits per heavy atom. The van der Waals surface area contributed by atoms with Crippen molar-refractivity contribution >= 4 is 15.9 Å². The number of halogens is 2. The van der Waals surface area contributed by atoms with Gasteiger partial charge in [-0.1, -0.05) is 15.9 Å². The van der Waals surface area contributed by atoms with Crippen molar-refractivity contribution in [2.45, 2.75) is 19.5 Å². The Morgan fingerprint density at radius 1 is 1.40 bits per heavy atom. The molecule has 20 heavy (non-hydrogen) atoms. The van der Waals surface area contributed by atoms with Gasteiger partial charge in [-0.25, -0.2) is 9.37 Å². The van der Waals surface area contributed by atoms with E-state index in [4.69, 9.17) is 0 Å². The molecule has 0 bridgehead atoms. The average Bonchev–Trinajstić information content (AvgIpc) is 2.41. The number of aromatic nitrogens is 2. The van der Waals surface area contributed by atoms with Crippen LogP contribution in [-0.4, -0.2) is 16.1 Å². The first-order valence-electron chi connectivity index (χ1n) is 6.36. The molecule has 3 rings (SSSR count). The van der Waals surface area contributed by atoms with E-state index in [1.807, 2.05) is 0 Å². The van der Waals surface area contributed by atoms with E-state index in [0.717, 1.165) is 23.4 Å². The van der Waals surface area contributed by atoms with E-state index >= 15 is 0 Å². The minimum atomic E-state index is -0.322. The Kier molecular flexibility index (Phi) is 3.67. The van der Waals surface area contributed by atoms with Crippen molar-refractivity contribution in [1.82, 2.24) is 14.9 Å². The Bertz CT molecular complexity index is 694. The van der Waals surface area contributed by atoms with Crippen molar-refractivity contribution in [2.24, 2.45) is 0 Å². The summed E-state index contributed by atoms with van der Waals surface area (Å²) in [5.74, 6) is -0.322. The number of nitrogens with one attached hydrogen (secondary N) is 1. The van der Waals surface area contributed by atoms with Crippen LogP contribution in [0, 0.1) is 5.82 Å². The second-order valence-electron chi connectivity index (χ2n) is 4.81. The second kappa shape index (κ2) is 5.46. The van der Waals surface area contributed by atoms with Gasteiger partial charge in [0, 0.05) is 16.6 Å². The van der Waals surface area contributed by atoms with Crippen LogP contribution < -0.4 is 10.9 Å². The number of rotatable bonds is 2. The number of hydrogen-bond acceptors (Lipinski definition) is 3. The molecule has 0 radical (unpaired) electrons. The van der Waals surface area contributed by atoms with Gasteiger partial charge < -0.3 is 5.32 Å². The van der Waals surface area contributed by atoms with E-state index in [1.165, 1.54) is 23.0 Å². The highest BCUT2D eigenvalue weighted by Gasteiger charge is 2.15. The van der Waals surface area contributed by atoms with Crippen LogP contribution >= 0.6 is 15.9 Å². The van der Waals surface area contributed by atoms with Crippen LogP contribution in [0.4, 0.5) is 4.39 Å². The number of hydrogen-bond donors (Lipinski definition) is 1. The standard InChI is InChI=1S/C14H13BrFN3O/c15-10-3-9(4-11(16)5-10)7-19-8-18-13-6-17-2-1-12(13)14(19)20/h3-5,8,17H,1-2,6-7H2. The summed E-state index contributed by atoms with van der Waals surface area (Å²) in [5, 5.41) is 3.19. The lowest BCUT2D eigenvalue weighted by Gasteiger charge is -2.17. The van der Waals surface area contributed by atoms with Gasteiger partial charge in [0.05, 0.1) is 18.6 Å². The van der Waals surface area contributed by atoms with Crippen LogP contribution in [0.2, 0.25) is 0 Å². The molecule has 4 nitrogen and oxygen atoms in total. The third kappa shape index (κ3) is 2.66. The second-order valence-corrected chi connectivity index (χ2v) is 5.72. The minimum absolute atomic E-state index is 0.0307. The lowest BCUT2D eigenvalue weighted by molar-refractivity contribution is 0.593. The van der Waals surface area contributed by atoms with Gasteiger partial charge in [0.25, 0.3) is 5.56 Å². The number of nitrogens with zero attached hydrogens (tertiary/aromatic N) is 2. The Hall–Kier alpha value is -1.53. The molecule has 0 saturated heterocycles. The van der Waals surface area contributed by atoms with Gasteiger partial charge in [-0.3, -0.25) is 9.36 Å². The van der Waals surface area contributed by atoms with E-state index in [0.29, 0.717) is 24.0 Å². The van der Waals surface area contributed by atoms with Gasteiger partial charge in [0.15, 0.2) is 0 Å². The molecule has 2 heterocycles. The molecule has 6 heteroatoms. The van der Waals surface area contributed by atoms with Crippen molar-refractivity contribution < 1.29 is 4.39 Å². The first-order chi connectivity index (χ1) is 9.63. The van der Waals surface area contributed by atoms with Crippen molar-refractivity contribution in [2.75, 3.05) is 6.54 Å². The lowest BCUT2D eigenvalue weighted by Crippen LogP contribution is -2.34. The largest absolute Gasteiger partial charge is 0.311 e. The summed E-state index contributed by atoms with van der Waals surface area (Å²) in [6, 6.07) is 4.62. The molecule has 0 saturated carbocycles. The van der Waals surface area contributed by atoms with Crippen molar-refractivity contribution in [3.05, 3.63) is 62.0 Å².